The highest BCUT2D eigenvalue weighted by molar-refractivity contribution is 5.04. The maximum Gasteiger partial charge on any atom is 0.151 e. The van der Waals surface area contributed by atoms with Crippen LogP contribution in [0.2, 0.25) is 0 Å². The number of hydrogen-bond donors (Lipinski definition) is 1. The summed E-state index contributed by atoms with van der Waals surface area (Å²) < 4.78 is 5.27. The van der Waals surface area contributed by atoms with Gasteiger partial charge in [-0.1, -0.05) is 31.8 Å². The molecule has 1 aromatic heterocycles. The molecule has 0 aliphatic carbocycles. The Hall–Kier alpha value is -0.870. The highest BCUT2D eigenvalue weighted by Gasteiger charge is 2.09. The van der Waals surface area contributed by atoms with Crippen LogP contribution in [0, 0.1) is 0 Å². The molecule has 0 bridgehead atoms. The Labute approximate surface area is 104 Å². The summed E-state index contributed by atoms with van der Waals surface area (Å²) in [5, 5.41) is 3.92. The summed E-state index contributed by atoms with van der Waals surface area (Å²) in [6.45, 7) is 8.02. The van der Waals surface area contributed by atoms with Crippen molar-refractivity contribution in [2.24, 2.45) is 5.73 Å². The molecule has 0 fully saturated rings. The van der Waals surface area contributed by atoms with E-state index in [-0.39, 0.29) is 0 Å². The molecule has 1 rings (SSSR count). The van der Waals surface area contributed by atoms with Crippen molar-refractivity contribution in [1.29, 1.82) is 0 Å². The van der Waals surface area contributed by atoms with E-state index in [1.165, 1.54) is 25.7 Å². The molecule has 17 heavy (non-hydrogen) atoms. The number of unbranched alkanes of at least 4 members (excludes halogenated alkanes) is 2. The average Bonchev–Trinajstić information content (AvgIpc) is 2.80. The van der Waals surface area contributed by atoms with Crippen LogP contribution >= 0.6 is 0 Å². The predicted molar refractivity (Wildman–Crippen MR) is 69.5 cm³/mol. The lowest BCUT2D eigenvalue weighted by molar-refractivity contribution is 0.224. The van der Waals surface area contributed by atoms with Gasteiger partial charge in [0.1, 0.15) is 0 Å². The van der Waals surface area contributed by atoms with E-state index in [2.05, 4.69) is 23.9 Å². The van der Waals surface area contributed by atoms with Crippen molar-refractivity contribution < 1.29 is 4.52 Å². The van der Waals surface area contributed by atoms with Crippen molar-refractivity contribution >= 4 is 0 Å². The van der Waals surface area contributed by atoms with Gasteiger partial charge in [-0.25, -0.2) is 0 Å². The van der Waals surface area contributed by atoms with Gasteiger partial charge in [0.25, 0.3) is 0 Å². The second kappa shape index (κ2) is 8.25. The topological polar surface area (TPSA) is 55.3 Å². The Kier molecular flexibility index (Phi) is 6.89. The number of rotatable bonds is 9. The summed E-state index contributed by atoms with van der Waals surface area (Å²) in [4.78, 5) is 2.44. The molecule has 0 amide bonds. The zero-order chi connectivity index (χ0) is 12.5. The van der Waals surface area contributed by atoms with Crippen LogP contribution < -0.4 is 5.73 Å². The zero-order valence-corrected chi connectivity index (χ0v) is 11.1. The van der Waals surface area contributed by atoms with Crippen molar-refractivity contribution in [1.82, 2.24) is 10.1 Å². The third-order valence-corrected chi connectivity index (χ3v) is 2.85. The molecule has 0 atom stereocenters. The maximum atomic E-state index is 5.52. The quantitative estimate of drug-likeness (QED) is 0.719. The monoisotopic (exact) mass is 239 g/mol. The predicted octanol–water partition coefficient (Wildman–Crippen LogP) is 2.54. The lowest BCUT2D eigenvalue weighted by atomic mass is 10.2. The van der Waals surface area contributed by atoms with Gasteiger partial charge in [-0.15, -0.1) is 0 Å². The summed E-state index contributed by atoms with van der Waals surface area (Å²) in [6.07, 6.45) is 4.93. The molecule has 0 saturated carbocycles. The molecule has 4 heteroatoms. The smallest absolute Gasteiger partial charge is 0.151 e. The van der Waals surface area contributed by atoms with Crippen LogP contribution in [0.15, 0.2) is 10.6 Å². The molecule has 1 aromatic rings. The number of aromatic nitrogens is 1. The molecule has 1 heterocycles. The van der Waals surface area contributed by atoms with E-state index in [0.717, 1.165) is 31.1 Å². The lowest BCUT2D eigenvalue weighted by Crippen LogP contribution is -2.25. The second-order valence-corrected chi connectivity index (χ2v) is 4.47. The number of hydrogen-bond acceptors (Lipinski definition) is 4. The summed E-state index contributed by atoms with van der Waals surface area (Å²) in [6, 6.07) is 1.96. The molecular weight excluding hydrogens is 214 g/mol. The largest absolute Gasteiger partial charge is 0.360 e. The van der Waals surface area contributed by atoms with E-state index in [0.29, 0.717) is 6.54 Å². The van der Waals surface area contributed by atoms with Crippen molar-refractivity contribution in [3.63, 3.8) is 0 Å². The number of nitrogens with two attached hydrogens (primary N) is 1. The first-order valence-corrected chi connectivity index (χ1v) is 6.67. The Morgan fingerprint density at radius 2 is 1.88 bits per heavy atom. The van der Waals surface area contributed by atoms with Crippen molar-refractivity contribution in [2.75, 3.05) is 13.1 Å². The standard InChI is InChI=1S/C13H25N3O/c1-3-5-7-16(8-6-4-2)11-13-9-12(10-14)15-17-13/h9H,3-8,10-11,14H2,1-2H3. The fourth-order valence-electron chi connectivity index (χ4n) is 1.78. The van der Waals surface area contributed by atoms with Gasteiger partial charge in [-0.05, 0) is 25.9 Å². The number of nitrogens with zero attached hydrogens (tertiary/aromatic N) is 2. The van der Waals surface area contributed by atoms with Crippen LogP contribution in [-0.2, 0) is 13.1 Å². The minimum atomic E-state index is 0.452. The van der Waals surface area contributed by atoms with E-state index in [9.17, 15) is 0 Å². The van der Waals surface area contributed by atoms with E-state index in [1.807, 2.05) is 6.07 Å². The third kappa shape index (κ3) is 5.33. The second-order valence-electron chi connectivity index (χ2n) is 4.47. The highest BCUT2D eigenvalue weighted by atomic mass is 16.5. The van der Waals surface area contributed by atoms with Crippen LogP contribution in [0.25, 0.3) is 0 Å². The molecule has 0 radical (unpaired) electrons. The molecule has 0 saturated heterocycles. The molecule has 0 aliphatic rings. The minimum Gasteiger partial charge on any atom is -0.360 e. The fourth-order valence-corrected chi connectivity index (χ4v) is 1.78. The third-order valence-electron chi connectivity index (χ3n) is 2.85. The summed E-state index contributed by atoms with van der Waals surface area (Å²) in [7, 11) is 0. The Bertz CT molecular complexity index is 291. The SMILES string of the molecule is CCCCN(CCCC)Cc1cc(CN)no1. The Morgan fingerprint density at radius 3 is 2.35 bits per heavy atom. The van der Waals surface area contributed by atoms with Gasteiger partial charge in [0.2, 0.25) is 0 Å². The molecule has 0 spiro atoms. The first kappa shape index (κ1) is 14.2. The molecule has 98 valence electrons. The van der Waals surface area contributed by atoms with Crippen LogP contribution in [0.4, 0.5) is 0 Å². The van der Waals surface area contributed by atoms with Crippen LogP contribution in [0.3, 0.4) is 0 Å². The van der Waals surface area contributed by atoms with E-state index in [4.69, 9.17) is 10.3 Å². The average molecular weight is 239 g/mol. The first-order chi connectivity index (χ1) is 8.30. The molecule has 0 aliphatic heterocycles. The normalized spacial score (nSPS) is 11.3. The van der Waals surface area contributed by atoms with Gasteiger partial charge in [0.15, 0.2) is 5.76 Å². The van der Waals surface area contributed by atoms with Gasteiger partial charge in [-0.2, -0.15) is 0 Å². The van der Waals surface area contributed by atoms with Gasteiger partial charge in [0, 0.05) is 12.6 Å². The molecule has 0 aromatic carbocycles. The van der Waals surface area contributed by atoms with Gasteiger partial charge in [-0.3, -0.25) is 4.90 Å². The summed E-state index contributed by atoms with van der Waals surface area (Å²) >= 11 is 0. The fraction of sp³-hybridized carbons (Fsp3) is 0.769. The molecule has 2 N–H and O–H groups in total. The van der Waals surface area contributed by atoms with Crippen molar-refractivity contribution in [3.05, 3.63) is 17.5 Å². The molecule has 4 nitrogen and oxygen atoms in total. The highest BCUT2D eigenvalue weighted by Crippen LogP contribution is 2.09. The first-order valence-electron chi connectivity index (χ1n) is 6.67. The summed E-state index contributed by atoms with van der Waals surface area (Å²) in [5.74, 6) is 0.928. The zero-order valence-electron chi connectivity index (χ0n) is 11.1. The molecule has 0 unspecified atom stereocenters. The van der Waals surface area contributed by atoms with Gasteiger partial charge in [0.05, 0.1) is 12.2 Å². The minimum absolute atomic E-state index is 0.452. The summed E-state index contributed by atoms with van der Waals surface area (Å²) in [5.41, 5.74) is 6.36. The Morgan fingerprint density at radius 1 is 1.24 bits per heavy atom. The lowest BCUT2D eigenvalue weighted by Gasteiger charge is -2.20. The van der Waals surface area contributed by atoms with Gasteiger partial charge < -0.3 is 10.3 Å². The van der Waals surface area contributed by atoms with Crippen LogP contribution in [0.5, 0.6) is 0 Å². The van der Waals surface area contributed by atoms with Crippen molar-refractivity contribution in [2.45, 2.75) is 52.6 Å². The van der Waals surface area contributed by atoms with Crippen LogP contribution in [-0.4, -0.2) is 23.1 Å². The van der Waals surface area contributed by atoms with Crippen molar-refractivity contribution in [3.8, 4) is 0 Å². The Balaban J connectivity index is 2.45. The van der Waals surface area contributed by atoms with E-state index < -0.39 is 0 Å². The van der Waals surface area contributed by atoms with Gasteiger partial charge >= 0.3 is 0 Å². The molecular formula is C13H25N3O. The van der Waals surface area contributed by atoms with Crippen LogP contribution in [0.1, 0.15) is 51.0 Å². The maximum absolute atomic E-state index is 5.52. The van der Waals surface area contributed by atoms with E-state index >= 15 is 0 Å². The van der Waals surface area contributed by atoms with E-state index in [1.54, 1.807) is 0 Å².